The number of phenols is 1. The van der Waals surface area contributed by atoms with Gasteiger partial charge in [-0.15, -0.1) is 0 Å². The Bertz CT molecular complexity index is 630. The van der Waals surface area contributed by atoms with Crippen molar-refractivity contribution in [2.45, 2.75) is 38.3 Å². The molecule has 0 aliphatic heterocycles. The van der Waals surface area contributed by atoms with Gasteiger partial charge >= 0.3 is 17.9 Å². The molecule has 2 atom stereocenters. The maximum atomic E-state index is 10.8. The molecule has 0 radical (unpaired) electrons. The van der Waals surface area contributed by atoms with Crippen molar-refractivity contribution in [1.29, 1.82) is 0 Å². The Balaban J connectivity index is 0.000000541. The lowest BCUT2D eigenvalue weighted by Crippen LogP contribution is -2.41. The van der Waals surface area contributed by atoms with Crippen molar-refractivity contribution < 1.29 is 39.6 Å². The number of carboxylic acids is 3. The van der Waals surface area contributed by atoms with E-state index < -0.39 is 30.0 Å². The molecule has 26 heavy (non-hydrogen) atoms. The summed E-state index contributed by atoms with van der Waals surface area (Å²) in [4.78, 5) is 41.5. The standard InChI is InChI=1S/C11H13NO4.C5H9NO4/c1-7(13)12-10(11(15)16)6-8-2-4-9(14)5-3-8;6-3(5(9)10)1-2-4(7)8/h2-5,10,14H,6H2,1H3,(H,12,13)(H,15,16);3H,1-2,6H2,(H,7,8)(H,9,10). The predicted octanol–water partition coefficient (Wildman–Crippen LogP) is -0.213. The lowest BCUT2D eigenvalue weighted by atomic mass is 10.1. The first-order valence-corrected chi connectivity index (χ1v) is 7.51. The van der Waals surface area contributed by atoms with Crippen LogP contribution in [0.15, 0.2) is 24.3 Å². The second-order valence-electron chi connectivity index (χ2n) is 5.34. The van der Waals surface area contributed by atoms with Gasteiger partial charge in [0.15, 0.2) is 0 Å². The molecule has 0 spiro atoms. The van der Waals surface area contributed by atoms with E-state index in [-0.39, 0.29) is 30.9 Å². The highest BCUT2D eigenvalue weighted by molar-refractivity contribution is 5.82. The van der Waals surface area contributed by atoms with Gasteiger partial charge in [-0.25, -0.2) is 4.79 Å². The molecule has 10 heteroatoms. The van der Waals surface area contributed by atoms with Gasteiger partial charge in [0.25, 0.3) is 0 Å². The smallest absolute Gasteiger partial charge is 0.326 e. The average Bonchev–Trinajstić information content (AvgIpc) is 2.53. The number of nitrogens with two attached hydrogens (primary N) is 1. The Morgan fingerprint density at radius 1 is 1.04 bits per heavy atom. The Hall–Kier alpha value is -3.14. The summed E-state index contributed by atoms with van der Waals surface area (Å²) in [7, 11) is 0. The molecule has 0 aliphatic rings. The third-order valence-corrected chi connectivity index (χ3v) is 3.04. The fourth-order valence-electron chi connectivity index (χ4n) is 1.72. The normalized spacial score (nSPS) is 12.1. The molecule has 10 nitrogen and oxygen atoms in total. The number of hydrogen-bond acceptors (Lipinski definition) is 6. The van der Waals surface area contributed by atoms with Crippen molar-refractivity contribution in [2.24, 2.45) is 5.73 Å². The monoisotopic (exact) mass is 370 g/mol. The number of nitrogens with one attached hydrogen (secondary N) is 1. The van der Waals surface area contributed by atoms with Crippen LogP contribution in [0.4, 0.5) is 0 Å². The Labute approximate surface area is 149 Å². The third-order valence-electron chi connectivity index (χ3n) is 3.04. The summed E-state index contributed by atoms with van der Waals surface area (Å²) in [5, 5.41) is 36.5. The van der Waals surface area contributed by atoms with Crippen molar-refractivity contribution in [3.05, 3.63) is 29.8 Å². The van der Waals surface area contributed by atoms with Crippen LogP contribution in [-0.2, 0) is 25.6 Å². The van der Waals surface area contributed by atoms with Crippen molar-refractivity contribution in [2.75, 3.05) is 0 Å². The second kappa shape index (κ2) is 11.4. The molecule has 7 N–H and O–H groups in total. The quantitative estimate of drug-likeness (QED) is 0.360. The molecule has 1 aromatic carbocycles. The predicted molar refractivity (Wildman–Crippen MR) is 89.5 cm³/mol. The number of rotatable bonds is 8. The van der Waals surface area contributed by atoms with Crippen LogP contribution >= 0.6 is 0 Å². The van der Waals surface area contributed by atoms with Crippen LogP contribution in [0.25, 0.3) is 0 Å². The highest BCUT2D eigenvalue weighted by Crippen LogP contribution is 2.11. The van der Waals surface area contributed by atoms with Crippen LogP contribution in [0.3, 0.4) is 0 Å². The minimum atomic E-state index is -1.17. The van der Waals surface area contributed by atoms with Crippen LogP contribution in [0, 0.1) is 0 Å². The lowest BCUT2D eigenvalue weighted by Gasteiger charge is -2.13. The zero-order valence-electron chi connectivity index (χ0n) is 14.1. The Morgan fingerprint density at radius 3 is 1.96 bits per heavy atom. The van der Waals surface area contributed by atoms with Crippen LogP contribution in [0.1, 0.15) is 25.3 Å². The van der Waals surface area contributed by atoms with Gasteiger partial charge in [0.05, 0.1) is 0 Å². The van der Waals surface area contributed by atoms with Crippen molar-refractivity contribution in [1.82, 2.24) is 5.32 Å². The van der Waals surface area contributed by atoms with Crippen LogP contribution < -0.4 is 11.1 Å². The van der Waals surface area contributed by atoms with Gasteiger partial charge in [-0.3, -0.25) is 14.4 Å². The van der Waals surface area contributed by atoms with E-state index in [1.54, 1.807) is 12.1 Å². The fraction of sp³-hybridized carbons (Fsp3) is 0.375. The third kappa shape index (κ3) is 10.6. The molecule has 0 saturated carbocycles. The highest BCUT2D eigenvalue weighted by atomic mass is 16.4. The lowest BCUT2D eigenvalue weighted by molar-refractivity contribution is -0.141. The van der Waals surface area contributed by atoms with E-state index in [9.17, 15) is 19.2 Å². The second-order valence-corrected chi connectivity index (χ2v) is 5.34. The number of hydrogen-bond donors (Lipinski definition) is 6. The number of aliphatic carboxylic acids is 3. The minimum absolute atomic E-state index is 0.0231. The van der Waals surface area contributed by atoms with E-state index in [0.717, 1.165) is 5.56 Å². The average molecular weight is 370 g/mol. The van der Waals surface area contributed by atoms with Crippen LogP contribution in [0.2, 0.25) is 0 Å². The molecule has 144 valence electrons. The zero-order valence-corrected chi connectivity index (χ0v) is 14.1. The molecular weight excluding hydrogens is 348 g/mol. The first kappa shape index (κ1) is 22.9. The van der Waals surface area contributed by atoms with Gasteiger partial charge in [-0.05, 0) is 24.1 Å². The molecule has 1 aromatic rings. The van der Waals surface area contributed by atoms with Gasteiger partial charge in [0.1, 0.15) is 17.8 Å². The van der Waals surface area contributed by atoms with Crippen molar-refractivity contribution in [3.8, 4) is 5.75 Å². The molecule has 0 saturated heterocycles. The van der Waals surface area contributed by atoms with Crippen LogP contribution in [0.5, 0.6) is 5.75 Å². The number of phenolic OH excluding ortho intramolecular Hbond substituents is 1. The number of aromatic hydroxyl groups is 1. The fourth-order valence-corrected chi connectivity index (χ4v) is 1.72. The Kier molecular flexibility index (Phi) is 10.0. The summed E-state index contributed by atoms with van der Waals surface area (Å²) >= 11 is 0. The summed E-state index contributed by atoms with van der Waals surface area (Å²) < 4.78 is 0. The highest BCUT2D eigenvalue weighted by Gasteiger charge is 2.18. The van der Waals surface area contributed by atoms with Gasteiger partial charge in [-0.2, -0.15) is 0 Å². The molecule has 0 fully saturated rings. The molecule has 0 aliphatic carbocycles. The topological polar surface area (TPSA) is 187 Å². The van der Waals surface area contributed by atoms with Gasteiger partial charge in [-0.1, -0.05) is 12.1 Å². The molecular formula is C16H22N2O8. The molecule has 1 rings (SSSR count). The summed E-state index contributed by atoms with van der Waals surface area (Å²) in [5.74, 6) is -3.54. The van der Waals surface area contributed by atoms with Crippen LogP contribution in [-0.4, -0.2) is 56.3 Å². The van der Waals surface area contributed by atoms with E-state index in [0.29, 0.717) is 0 Å². The maximum Gasteiger partial charge on any atom is 0.326 e. The first-order chi connectivity index (χ1) is 12.0. The first-order valence-electron chi connectivity index (χ1n) is 7.51. The summed E-state index contributed by atoms with van der Waals surface area (Å²) in [6, 6.07) is 4.18. The molecule has 1 amide bonds. The molecule has 0 heterocycles. The van der Waals surface area contributed by atoms with E-state index in [1.807, 2.05) is 0 Å². The minimum Gasteiger partial charge on any atom is -0.508 e. The largest absolute Gasteiger partial charge is 0.508 e. The van der Waals surface area contributed by atoms with Gasteiger partial charge in [0, 0.05) is 19.8 Å². The molecule has 2 unspecified atom stereocenters. The van der Waals surface area contributed by atoms with E-state index in [1.165, 1.54) is 19.1 Å². The summed E-state index contributed by atoms with van der Waals surface area (Å²) in [6.45, 7) is 1.27. The maximum absolute atomic E-state index is 10.8. The SMILES string of the molecule is CC(=O)NC(Cc1ccc(O)cc1)C(=O)O.NC(CCC(=O)O)C(=O)O. The van der Waals surface area contributed by atoms with E-state index in [4.69, 9.17) is 26.2 Å². The van der Waals surface area contributed by atoms with E-state index in [2.05, 4.69) is 5.32 Å². The number of carbonyl (C=O) groups is 4. The molecule has 0 aromatic heterocycles. The van der Waals surface area contributed by atoms with Gasteiger partial charge < -0.3 is 31.5 Å². The number of benzene rings is 1. The zero-order chi connectivity index (χ0) is 20.3. The van der Waals surface area contributed by atoms with E-state index >= 15 is 0 Å². The molecule has 0 bridgehead atoms. The Morgan fingerprint density at radius 2 is 1.58 bits per heavy atom. The summed E-state index contributed by atoms with van der Waals surface area (Å²) in [6.07, 6.45) is -0.0344. The van der Waals surface area contributed by atoms with Crippen molar-refractivity contribution >= 4 is 23.8 Å². The number of amides is 1. The van der Waals surface area contributed by atoms with Crippen molar-refractivity contribution in [3.63, 3.8) is 0 Å². The number of carboxylic acid groups (broad SMARTS) is 3. The number of carbonyl (C=O) groups excluding carboxylic acids is 1. The van der Waals surface area contributed by atoms with Gasteiger partial charge in [0.2, 0.25) is 5.91 Å². The summed E-state index contributed by atoms with van der Waals surface area (Å²) in [5.41, 5.74) is 5.74.